The Kier molecular flexibility index (Phi) is 4.06. The molecule has 0 fully saturated rings. The maximum atomic E-state index is 12.1. The standard InChI is InChI=1S/C11H10BrNO3S2/c12-9-3-1-2-4-10(9)13-18(15,16)11-6-5-8(7-14)17-11/h1-6,13-14H,7H2. The first-order chi connectivity index (χ1) is 8.53. The first-order valence-electron chi connectivity index (χ1n) is 5.00. The molecule has 2 N–H and O–H groups in total. The van der Waals surface area contributed by atoms with E-state index in [9.17, 15) is 8.42 Å². The van der Waals surface area contributed by atoms with E-state index in [0.29, 0.717) is 15.0 Å². The summed E-state index contributed by atoms with van der Waals surface area (Å²) in [7, 11) is -3.60. The van der Waals surface area contributed by atoms with E-state index in [0.717, 1.165) is 11.3 Å². The molecule has 0 amide bonds. The summed E-state index contributed by atoms with van der Waals surface area (Å²) in [6.45, 7) is -0.158. The molecule has 0 atom stereocenters. The third-order valence-corrected chi connectivity index (χ3v) is 5.79. The molecule has 96 valence electrons. The Hall–Kier alpha value is -0.890. The van der Waals surface area contributed by atoms with Gasteiger partial charge in [0.1, 0.15) is 4.21 Å². The van der Waals surface area contributed by atoms with E-state index in [4.69, 9.17) is 5.11 Å². The van der Waals surface area contributed by atoms with Gasteiger partial charge >= 0.3 is 0 Å². The van der Waals surface area contributed by atoms with Crippen LogP contribution in [0.5, 0.6) is 0 Å². The number of hydrogen-bond acceptors (Lipinski definition) is 4. The maximum Gasteiger partial charge on any atom is 0.271 e. The van der Waals surface area contributed by atoms with Gasteiger partial charge in [0.15, 0.2) is 0 Å². The van der Waals surface area contributed by atoms with Gasteiger partial charge < -0.3 is 5.11 Å². The quantitative estimate of drug-likeness (QED) is 0.893. The van der Waals surface area contributed by atoms with Crippen LogP contribution in [0.2, 0.25) is 0 Å². The molecule has 0 spiro atoms. The molecule has 18 heavy (non-hydrogen) atoms. The number of rotatable bonds is 4. The van der Waals surface area contributed by atoms with Gasteiger partial charge in [-0.05, 0) is 40.2 Å². The van der Waals surface area contributed by atoms with Crippen molar-refractivity contribution in [2.45, 2.75) is 10.8 Å². The Morgan fingerprint density at radius 3 is 2.56 bits per heavy atom. The van der Waals surface area contributed by atoms with Crippen LogP contribution in [0.15, 0.2) is 45.1 Å². The number of nitrogens with one attached hydrogen (secondary N) is 1. The topological polar surface area (TPSA) is 66.4 Å². The largest absolute Gasteiger partial charge is 0.391 e. The molecule has 4 nitrogen and oxygen atoms in total. The van der Waals surface area contributed by atoms with E-state index in [2.05, 4.69) is 20.7 Å². The molecule has 0 bridgehead atoms. The molecule has 0 aliphatic rings. The van der Waals surface area contributed by atoms with Gasteiger partial charge in [-0.15, -0.1) is 11.3 Å². The van der Waals surface area contributed by atoms with Crippen LogP contribution in [-0.4, -0.2) is 13.5 Å². The maximum absolute atomic E-state index is 12.1. The average molecular weight is 348 g/mol. The van der Waals surface area contributed by atoms with E-state index >= 15 is 0 Å². The van der Waals surface area contributed by atoms with E-state index in [1.54, 1.807) is 30.3 Å². The van der Waals surface area contributed by atoms with Crippen molar-refractivity contribution in [3.63, 3.8) is 0 Å². The van der Waals surface area contributed by atoms with Crippen LogP contribution in [0.25, 0.3) is 0 Å². The summed E-state index contributed by atoms with van der Waals surface area (Å²) in [5, 5.41) is 8.94. The van der Waals surface area contributed by atoms with Crippen molar-refractivity contribution >= 4 is 43.0 Å². The van der Waals surface area contributed by atoms with Crippen LogP contribution >= 0.6 is 27.3 Å². The molecule has 1 aromatic heterocycles. The monoisotopic (exact) mass is 347 g/mol. The van der Waals surface area contributed by atoms with Crippen molar-refractivity contribution in [1.29, 1.82) is 0 Å². The lowest BCUT2D eigenvalue weighted by Crippen LogP contribution is -2.11. The number of anilines is 1. The van der Waals surface area contributed by atoms with Crippen molar-refractivity contribution < 1.29 is 13.5 Å². The van der Waals surface area contributed by atoms with E-state index in [-0.39, 0.29) is 10.8 Å². The molecule has 0 saturated carbocycles. The first-order valence-corrected chi connectivity index (χ1v) is 8.09. The molecule has 2 aromatic rings. The fraction of sp³-hybridized carbons (Fsp3) is 0.0909. The summed E-state index contributed by atoms with van der Waals surface area (Å²) in [5.41, 5.74) is 0.483. The Bertz CT molecular complexity index is 652. The van der Waals surface area contributed by atoms with Crippen LogP contribution in [0.3, 0.4) is 0 Å². The molecular formula is C11H10BrNO3S2. The Balaban J connectivity index is 2.30. The highest BCUT2D eigenvalue weighted by Gasteiger charge is 2.17. The number of halogens is 1. The second-order valence-electron chi connectivity index (χ2n) is 3.46. The van der Waals surface area contributed by atoms with Crippen LogP contribution in [0, 0.1) is 0 Å². The zero-order valence-corrected chi connectivity index (χ0v) is 12.3. The number of aliphatic hydroxyl groups is 1. The summed E-state index contributed by atoms with van der Waals surface area (Å²) in [5.74, 6) is 0. The van der Waals surface area contributed by atoms with Gasteiger partial charge in [-0.2, -0.15) is 0 Å². The van der Waals surface area contributed by atoms with E-state index < -0.39 is 10.0 Å². The molecule has 0 aliphatic heterocycles. The number of benzene rings is 1. The highest BCUT2D eigenvalue weighted by Crippen LogP contribution is 2.27. The average Bonchev–Trinajstić information content (AvgIpc) is 2.81. The van der Waals surface area contributed by atoms with Crippen LogP contribution < -0.4 is 4.72 Å². The lowest BCUT2D eigenvalue weighted by molar-refractivity contribution is 0.285. The zero-order valence-electron chi connectivity index (χ0n) is 9.13. The number of hydrogen-bond donors (Lipinski definition) is 2. The summed E-state index contributed by atoms with van der Waals surface area (Å²) in [6.07, 6.45) is 0. The summed E-state index contributed by atoms with van der Waals surface area (Å²) in [4.78, 5) is 0.613. The highest BCUT2D eigenvalue weighted by molar-refractivity contribution is 9.10. The molecular weight excluding hydrogens is 338 g/mol. The molecule has 1 heterocycles. The lowest BCUT2D eigenvalue weighted by atomic mass is 10.3. The molecule has 1 aromatic carbocycles. The van der Waals surface area contributed by atoms with Gasteiger partial charge in [-0.3, -0.25) is 4.72 Å². The third kappa shape index (κ3) is 2.92. The molecule has 0 saturated heterocycles. The summed E-state index contributed by atoms with van der Waals surface area (Å²) in [6, 6.07) is 10.1. The number of aliphatic hydroxyl groups excluding tert-OH is 1. The smallest absolute Gasteiger partial charge is 0.271 e. The van der Waals surface area contributed by atoms with Crippen molar-refractivity contribution in [3.05, 3.63) is 45.7 Å². The van der Waals surface area contributed by atoms with Crippen LogP contribution in [0.1, 0.15) is 4.88 Å². The number of thiophene rings is 1. The zero-order chi connectivity index (χ0) is 13.2. The van der Waals surface area contributed by atoms with Gasteiger partial charge in [-0.25, -0.2) is 8.42 Å². The second-order valence-corrected chi connectivity index (χ2v) is 7.40. The van der Waals surface area contributed by atoms with Crippen LogP contribution in [-0.2, 0) is 16.6 Å². The number of para-hydroxylation sites is 1. The minimum Gasteiger partial charge on any atom is -0.391 e. The van der Waals surface area contributed by atoms with Crippen LogP contribution in [0.4, 0.5) is 5.69 Å². The molecule has 2 rings (SSSR count). The fourth-order valence-electron chi connectivity index (χ4n) is 1.33. The van der Waals surface area contributed by atoms with Gasteiger partial charge in [-0.1, -0.05) is 12.1 Å². The Morgan fingerprint density at radius 1 is 1.22 bits per heavy atom. The normalized spacial score (nSPS) is 11.4. The molecule has 7 heteroatoms. The van der Waals surface area contributed by atoms with E-state index in [1.165, 1.54) is 6.07 Å². The predicted molar refractivity (Wildman–Crippen MR) is 75.2 cm³/mol. The fourth-order valence-corrected chi connectivity index (χ4v) is 4.14. The third-order valence-electron chi connectivity index (χ3n) is 2.18. The van der Waals surface area contributed by atoms with Gasteiger partial charge in [0.05, 0.1) is 12.3 Å². The summed E-state index contributed by atoms with van der Waals surface area (Å²) < 4.78 is 27.5. The molecule has 0 radical (unpaired) electrons. The lowest BCUT2D eigenvalue weighted by Gasteiger charge is -2.07. The predicted octanol–water partition coefficient (Wildman–Crippen LogP) is 2.80. The van der Waals surface area contributed by atoms with Crippen molar-refractivity contribution in [3.8, 4) is 0 Å². The number of sulfonamides is 1. The van der Waals surface area contributed by atoms with Gasteiger partial charge in [0.2, 0.25) is 0 Å². The summed E-state index contributed by atoms with van der Waals surface area (Å²) >= 11 is 4.33. The van der Waals surface area contributed by atoms with Crippen molar-refractivity contribution in [2.75, 3.05) is 4.72 Å². The Morgan fingerprint density at radius 2 is 1.94 bits per heavy atom. The van der Waals surface area contributed by atoms with Gasteiger partial charge in [0, 0.05) is 9.35 Å². The van der Waals surface area contributed by atoms with Gasteiger partial charge in [0.25, 0.3) is 10.0 Å². The van der Waals surface area contributed by atoms with Crippen molar-refractivity contribution in [2.24, 2.45) is 0 Å². The molecule has 0 unspecified atom stereocenters. The van der Waals surface area contributed by atoms with Crippen molar-refractivity contribution in [1.82, 2.24) is 0 Å². The first kappa shape index (κ1) is 13.5. The highest BCUT2D eigenvalue weighted by atomic mass is 79.9. The minimum absolute atomic E-state index is 0.158. The molecule has 0 aliphatic carbocycles. The SMILES string of the molecule is O=S(=O)(Nc1ccccc1Br)c1ccc(CO)s1. The Labute approximate surface area is 117 Å². The van der Waals surface area contributed by atoms with E-state index in [1.807, 2.05) is 0 Å². The second kappa shape index (κ2) is 5.40. The minimum atomic E-state index is -3.60.